The van der Waals surface area contributed by atoms with Crippen LogP contribution >= 0.6 is 0 Å². The topological polar surface area (TPSA) is 63.7 Å². The number of esters is 1. The van der Waals surface area contributed by atoms with Crippen molar-refractivity contribution in [1.29, 1.82) is 0 Å². The minimum absolute atomic E-state index is 0.101. The van der Waals surface area contributed by atoms with Gasteiger partial charge in [-0.15, -0.1) is 0 Å². The van der Waals surface area contributed by atoms with Crippen LogP contribution in [0.5, 0.6) is 0 Å². The van der Waals surface area contributed by atoms with Crippen molar-refractivity contribution >= 4 is 32.5 Å². The van der Waals surface area contributed by atoms with Crippen LogP contribution in [0.3, 0.4) is 0 Å². The standard InChI is InChI=1S/C25H21NO4S/c1-26(22-11-3-2-4-12-22)31(28,29)23-16-14-20(15-17-23)25(27)30-18-21-10-7-9-19-8-5-6-13-24(19)21/h2-17H,18H2,1H3. The molecule has 0 saturated carbocycles. The molecule has 0 aromatic heterocycles. The third-order valence-electron chi connectivity index (χ3n) is 5.11. The fourth-order valence-corrected chi connectivity index (χ4v) is 4.54. The van der Waals surface area contributed by atoms with Crippen LogP contribution in [0.4, 0.5) is 5.69 Å². The highest BCUT2D eigenvalue weighted by atomic mass is 32.2. The van der Waals surface area contributed by atoms with Crippen molar-refractivity contribution in [2.75, 3.05) is 11.4 Å². The Labute approximate surface area is 181 Å². The average molecular weight is 432 g/mol. The number of sulfonamides is 1. The molecular formula is C25H21NO4S. The molecule has 156 valence electrons. The van der Waals surface area contributed by atoms with Gasteiger partial charge in [-0.05, 0) is 52.7 Å². The first kappa shape index (κ1) is 20.6. The number of benzene rings is 4. The summed E-state index contributed by atoms with van der Waals surface area (Å²) in [5.74, 6) is -0.506. The summed E-state index contributed by atoms with van der Waals surface area (Å²) in [5.41, 5.74) is 1.76. The van der Waals surface area contributed by atoms with Crippen molar-refractivity contribution in [3.63, 3.8) is 0 Å². The van der Waals surface area contributed by atoms with Gasteiger partial charge in [0.25, 0.3) is 10.0 Å². The Morgan fingerprint density at radius 3 is 2.19 bits per heavy atom. The zero-order chi connectivity index (χ0) is 21.8. The molecule has 0 radical (unpaired) electrons. The zero-order valence-electron chi connectivity index (χ0n) is 16.9. The summed E-state index contributed by atoms with van der Waals surface area (Å²) in [4.78, 5) is 12.6. The van der Waals surface area contributed by atoms with E-state index in [0.29, 0.717) is 11.3 Å². The Balaban J connectivity index is 1.48. The molecule has 0 unspecified atom stereocenters. The van der Waals surface area contributed by atoms with Crippen molar-refractivity contribution in [2.45, 2.75) is 11.5 Å². The monoisotopic (exact) mass is 431 g/mol. The van der Waals surface area contributed by atoms with Crippen LogP contribution in [-0.2, 0) is 21.4 Å². The second kappa shape index (κ2) is 8.62. The number of anilines is 1. The maximum Gasteiger partial charge on any atom is 0.338 e. The fraction of sp³-hybridized carbons (Fsp3) is 0.0800. The van der Waals surface area contributed by atoms with Crippen molar-refractivity contribution in [2.24, 2.45) is 0 Å². The van der Waals surface area contributed by atoms with Gasteiger partial charge < -0.3 is 4.74 Å². The van der Waals surface area contributed by atoms with Gasteiger partial charge in [-0.2, -0.15) is 0 Å². The highest BCUT2D eigenvalue weighted by molar-refractivity contribution is 7.92. The summed E-state index contributed by atoms with van der Waals surface area (Å²) < 4.78 is 32.4. The Morgan fingerprint density at radius 2 is 1.45 bits per heavy atom. The highest BCUT2D eigenvalue weighted by Crippen LogP contribution is 2.23. The molecule has 0 atom stereocenters. The van der Waals surface area contributed by atoms with Crippen molar-refractivity contribution in [3.8, 4) is 0 Å². The average Bonchev–Trinajstić information content (AvgIpc) is 2.82. The van der Waals surface area contributed by atoms with Gasteiger partial charge >= 0.3 is 5.97 Å². The lowest BCUT2D eigenvalue weighted by molar-refractivity contribution is 0.0474. The minimum Gasteiger partial charge on any atom is -0.457 e. The van der Waals surface area contributed by atoms with E-state index in [1.165, 1.54) is 35.6 Å². The van der Waals surface area contributed by atoms with Crippen LogP contribution in [0.2, 0.25) is 0 Å². The zero-order valence-corrected chi connectivity index (χ0v) is 17.7. The number of fused-ring (bicyclic) bond motifs is 1. The lowest BCUT2D eigenvalue weighted by atomic mass is 10.1. The molecule has 0 aliphatic carbocycles. The summed E-state index contributed by atoms with van der Waals surface area (Å²) >= 11 is 0. The van der Waals surface area contributed by atoms with E-state index >= 15 is 0 Å². The van der Waals surface area contributed by atoms with E-state index < -0.39 is 16.0 Å². The molecule has 4 aromatic rings. The molecule has 0 fully saturated rings. The number of carbonyl (C=O) groups is 1. The smallest absolute Gasteiger partial charge is 0.338 e. The molecule has 0 amide bonds. The van der Waals surface area contributed by atoms with Crippen LogP contribution in [-0.4, -0.2) is 21.4 Å². The van der Waals surface area contributed by atoms with Crippen LogP contribution < -0.4 is 4.31 Å². The lowest BCUT2D eigenvalue weighted by Gasteiger charge is -2.19. The van der Waals surface area contributed by atoms with Gasteiger partial charge in [-0.1, -0.05) is 60.7 Å². The van der Waals surface area contributed by atoms with Gasteiger partial charge in [0.1, 0.15) is 6.61 Å². The van der Waals surface area contributed by atoms with Gasteiger partial charge in [-0.25, -0.2) is 13.2 Å². The summed E-state index contributed by atoms with van der Waals surface area (Å²) in [6.45, 7) is 0.136. The molecule has 6 heteroatoms. The van der Waals surface area contributed by atoms with E-state index in [0.717, 1.165) is 16.3 Å². The Kier molecular flexibility index (Phi) is 5.73. The maximum atomic E-state index is 12.9. The number of carbonyl (C=O) groups excluding carboxylic acids is 1. The van der Waals surface area contributed by atoms with E-state index in [9.17, 15) is 13.2 Å². The Bertz CT molecular complexity index is 1310. The molecule has 0 spiro atoms. The number of nitrogens with zero attached hydrogens (tertiary/aromatic N) is 1. The molecule has 0 heterocycles. The van der Waals surface area contributed by atoms with E-state index in [2.05, 4.69) is 0 Å². The number of rotatable bonds is 6. The predicted molar refractivity (Wildman–Crippen MR) is 122 cm³/mol. The van der Waals surface area contributed by atoms with Crippen LogP contribution in [0.15, 0.2) is 102 Å². The first-order valence-electron chi connectivity index (χ1n) is 9.74. The third-order valence-corrected chi connectivity index (χ3v) is 6.91. The first-order chi connectivity index (χ1) is 15.0. The SMILES string of the molecule is CN(c1ccccc1)S(=O)(=O)c1ccc(C(=O)OCc2cccc3ccccc23)cc1. The van der Waals surface area contributed by atoms with Gasteiger partial charge in [0.05, 0.1) is 16.1 Å². The molecule has 0 aliphatic heterocycles. The molecule has 5 nitrogen and oxygen atoms in total. The van der Waals surface area contributed by atoms with E-state index in [4.69, 9.17) is 4.74 Å². The largest absolute Gasteiger partial charge is 0.457 e. The minimum atomic E-state index is -3.73. The number of hydrogen-bond acceptors (Lipinski definition) is 4. The highest BCUT2D eigenvalue weighted by Gasteiger charge is 2.21. The number of para-hydroxylation sites is 1. The second-order valence-corrected chi connectivity index (χ2v) is 9.02. The molecule has 31 heavy (non-hydrogen) atoms. The fourth-order valence-electron chi connectivity index (χ4n) is 3.34. The van der Waals surface area contributed by atoms with Crippen LogP contribution in [0, 0.1) is 0 Å². The molecule has 0 N–H and O–H groups in total. The molecule has 0 aliphatic rings. The van der Waals surface area contributed by atoms with Crippen molar-refractivity contribution in [3.05, 3.63) is 108 Å². The normalized spacial score (nSPS) is 11.3. The quantitative estimate of drug-likeness (QED) is 0.402. The van der Waals surface area contributed by atoms with Gasteiger partial charge in [0.15, 0.2) is 0 Å². The van der Waals surface area contributed by atoms with E-state index in [1.807, 2.05) is 48.5 Å². The molecule has 4 aromatic carbocycles. The Hall–Kier alpha value is -3.64. The molecule has 0 saturated heterocycles. The Morgan fingerprint density at radius 1 is 0.806 bits per heavy atom. The van der Waals surface area contributed by atoms with Crippen molar-refractivity contribution < 1.29 is 17.9 Å². The van der Waals surface area contributed by atoms with Gasteiger partial charge in [0.2, 0.25) is 0 Å². The number of ether oxygens (including phenoxy) is 1. The van der Waals surface area contributed by atoms with Crippen LogP contribution in [0.25, 0.3) is 10.8 Å². The predicted octanol–water partition coefficient (Wildman–Crippen LogP) is 5.02. The third kappa shape index (κ3) is 4.29. The summed E-state index contributed by atoms with van der Waals surface area (Å²) in [6.07, 6.45) is 0. The van der Waals surface area contributed by atoms with Gasteiger partial charge in [-0.3, -0.25) is 4.31 Å². The summed E-state index contributed by atoms with van der Waals surface area (Å²) in [7, 11) is -2.24. The lowest BCUT2D eigenvalue weighted by Crippen LogP contribution is -2.26. The molecule has 0 bridgehead atoms. The van der Waals surface area contributed by atoms with E-state index in [-0.39, 0.29) is 11.5 Å². The van der Waals surface area contributed by atoms with Crippen molar-refractivity contribution in [1.82, 2.24) is 0 Å². The summed E-state index contributed by atoms with van der Waals surface area (Å²) in [5, 5.41) is 2.11. The second-order valence-electron chi connectivity index (χ2n) is 7.05. The number of hydrogen-bond donors (Lipinski definition) is 0. The first-order valence-corrected chi connectivity index (χ1v) is 11.2. The molecular weight excluding hydrogens is 410 g/mol. The van der Waals surface area contributed by atoms with Gasteiger partial charge in [0, 0.05) is 7.05 Å². The van der Waals surface area contributed by atoms with Crippen LogP contribution in [0.1, 0.15) is 15.9 Å². The molecule has 4 rings (SSSR count). The summed E-state index contributed by atoms with van der Waals surface area (Å²) in [6, 6.07) is 28.3. The maximum absolute atomic E-state index is 12.9. The van der Waals surface area contributed by atoms with E-state index in [1.54, 1.807) is 24.3 Å².